The Labute approximate surface area is 228 Å². The molecule has 0 aliphatic carbocycles. The van der Waals surface area contributed by atoms with E-state index >= 15 is 0 Å². The molecule has 0 aromatic heterocycles. The van der Waals surface area contributed by atoms with Gasteiger partial charge in [0.2, 0.25) is 7.49 Å². The van der Waals surface area contributed by atoms with Crippen molar-refractivity contribution < 1.29 is 31.5 Å². The number of methoxy groups -OCH3 is 2. The minimum absolute atomic E-state index is 0.0305. The molecule has 0 unspecified atom stereocenters. The van der Waals surface area contributed by atoms with E-state index in [-0.39, 0.29) is 11.1 Å². The lowest BCUT2D eigenvalue weighted by Crippen LogP contribution is -2.29. The lowest BCUT2D eigenvalue weighted by Gasteiger charge is -2.25. The van der Waals surface area contributed by atoms with Gasteiger partial charge in [-0.15, -0.1) is 0 Å². The molecule has 0 spiro atoms. The number of benzene rings is 4. The quantitative estimate of drug-likeness (QED) is 0.208. The number of hydrogen-bond donors (Lipinski definition) is 0. The molecule has 0 N–H and O–H groups in total. The summed E-state index contributed by atoms with van der Waals surface area (Å²) in [5.74, 6) is -1.02. The molecule has 4 aromatic rings. The summed E-state index contributed by atoms with van der Waals surface area (Å²) < 4.78 is 43.6. The van der Waals surface area contributed by atoms with E-state index in [1.54, 1.807) is 60.7 Å². The van der Waals surface area contributed by atoms with E-state index in [0.29, 0.717) is 21.7 Å². The van der Waals surface area contributed by atoms with Crippen molar-refractivity contribution in [2.24, 2.45) is 0 Å². The van der Waals surface area contributed by atoms with Crippen molar-refractivity contribution in [2.45, 2.75) is 18.0 Å². The van der Waals surface area contributed by atoms with E-state index in [4.69, 9.17) is 13.4 Å². The van der Waals surface area contributed by atoms with Crippen LogP contribution in [0.3, 0.4) is 0 Å². The van der Waals surface area contributed by atoms with Gasteiger partial charge in [0.1, 0.15) is 16.8 Å². The summed E-state index contributed by atoms with van der Waals surface area (Å²) in [6, 6.07) is 29.0. The molecule has 200 valence electrons. The molecule has 4 rings (SSSR count). The Morgan fingerprint density at radius 1 is 0.667 bits per heavy atom. The van der Waals surface area contributed by atoms with Crippen LogP contribution in [0.2, 0.25) is 0 Å². The zero-order chi connectivity index (χ0) is 28.0. The number of esters is 2. The molecule has 0 amide bonds. The number of hydrogen-bond acceptors (Lipinski definition) is 7. The van der Waals surface area contributed by atoms with Crippen LogP contribution in [0.25, 0.3) is 0 Å². The van der Waals surface area contributed by atoms with E-state index in [1.165, 1.54) is 26.4 Å². The van der Waals surface area contributed by atoms with Crippen molar-refractivity contribution in [1.82, 2.24) is 0 Å². The number of carbonyl (C=O) groups is 2. The van der Waals surface area contributed by atoms with Crippen LogP contribution in [0.4, 0.5) is 0 Å². The molecule has 0 fully saturated rings. The zero-order valence-electron chi connectivity index (χ0n) is 21.7. The maximum atomic E-state index is 13.8. The predicted molar refractivity (Wildman–Crippen MR) is 151 cm³/mol. The number of aryl methyl sites for hydroxylation is 1. The normalized spacial score (nSPS) is 11.6. The Bertz CT molecular complexity index is 1490. The standard InChI is InChI=1S/C30H28O7PS/c1-22-9-19-28(20-10-22)39(33,34)37-38(21-23-7-5-4-6-8-23,26-15-11-24(12-16-26)29(31)35-2)27-17-13-25(14-18-27)30(32)36-3/h4-20H,21H2,1-3H3/q+1. The molecule has 0 radical (unpaired) electrons. The van der Waals surface area contributed by atoms with Crippen molar-refractivity contribution in [3.8, 4) is 0 Å². The molecule has 9 heteroatoms. The van der Waals surface area contributed by atoms with Crippen LogP contribution in [0, 0.1) is 6.92 Å². The summed E-state index contributed by atoms with van der Waals surface area (Å²) >= 11 is 0. The second-order valence-electron chi connectivity index (χ2n) is 8.80. The Morgan fingerprint density at radius 3 is 1.56 bits per heavy atom. The molecule has 0 aliphatic heterocycles. The largest absolute Gasteiger partial charge is 0.465 e. The lowest BCUT2D eigenvalue weighted by atomic mass is 10.2. The Kier molecular flexibility index (Phi) is 8.60. The van der Waals surface area contributed by atoms with Crippen molar-refractivity contribution in [3.05, 3.63) is 125 Å². The summed E-state index contributed by atoms with van der Waals surface area (Å²) in [6.07, 6.45) is 0.244. The van der Waals surface area contributed by atoms with E-state index in [2.05, 4.69) is 0 Å². The van der Waals surface area contributed by atoms with E-state index in [9.17, 15) is 18.0 Å². The maximum Gasteiger partial charge on any atom is 0.337 e. The van der Waals surface area contributed by atoms with Gasteiger partial charge in [-0.3, -0.25) is 0 Å². The molecule has 0 saturated carbocycles. The number of rotatable bonds is 9. The smallest absolute Gasteiger partial charge is 0.337 e. The van der Waals surface area contributed by atoms with Gasteiger partial charge in [0.05, 0.1) is 30.2 Å². The average Bonchev–Trinajstić information content (AvgIpc) is 2.96. The molecule has 0 bridgehead atoms. The van der Waals surface area contributed by atoms with Crippen molar-refractivity contribution in [3.63, 3.8) is 0 Å². The summed E-state index contributed by atoms with van der Waals surface area (Å²) in [6.45, 7) is 1.87. The van der Waals surface area contributed by atoms with Gasteiger partial charge in [0.15, 0.2) is 0 Å². The molecule has 0 aliphatic rings. The van der Waals surface area contributed by atoms with Gasteiger partial charge < -0.3 is 9.47 Å². The van der Waals surface area contributed by atoms with Gasteiger partial charge in [0.25, 0.3) is 0 Å². The van der Waals surface area contributed by atoms with Crippen molar-refractivity contribution >= 4 is 40.2 Å². The molecular formula is C30H28O7PS+. The fourth-order valence-corrected chi connectivity index (χ4v) is 9.82. The third kappa shape index (κ3) is 6.25. The Morgan fingerprint density at radius 2 is 1.13 bits per heavy atom. The van der Waals surface area contributed by atoms with Crippen molar-refractivity contribution in [1.29, 1.82) is 0 Å². The lowest BCUT2D eigenvalue weighted by molar-refractivity contribution is 0.0592. The van der Waals surface area contributed by atoms with Gasteiger partial charge in [-0.25, -0.2) is 9.59 Å². The van der Waals surface area contributed by atoms with E-state index < -0.39 is 29.5 Å². The van der Waals surface area contributed by atoms with Gasteiger partial charge >= 0.3 is 22.1 Å². The maximum absolute atomic E-state index is 13.8. The number of carbonyl (C=O) groups excluding carboxylic acids is 2. The van der Waals surface area contributed by atoms with Gasteiger partial charge in [-0.05, 0) is 73.2 Å². The minimum atomic E-state index is -4.25. The van der Waals surface area contributed by atoms with Crippen LogP contribution in [-0.2, 0) is 29.7 Å². The highest BCUT2D eigenvalue weighted by Gasteiger charge is 2.51. The highest BCUT2D eigenvalue weighted by molar-refractivity contribution is 7.98. The first-order valence-corrected chi connectivity index (χ1v) is 15.3. The first-order valence-electron chi connectivity index (χ1n) is 12.0. The highest BCUT2D eigenvalue weighted by Crippen LogP contribution is 2.62. The van der Waals surface area contributed by atoms with E-state index in [1.807, 2.05) is 37.3 Å². The summed E-state index contributed by atoms with van der Waals surface area (Å²) in [7, 11) is -4.89. The van der Waals surface area contributed by atoms with Crippen LogP contribution in [0.15, 0.2) is 108 Å². The third-order valence-electron chi connectivity index (χ3n) is 6.19. The molecule has 7 nitrogen and oxygen atoms in total. The SMILES string of the molecule is COC(=O)c1ccc([P+](Cc2ccccc2)(OS(=O)(=O)c2ccc(C)cc2)c2ccc(C(=O)OC)cc2)cc1. The first-order chi connectivity index (χ1) is 18.7. The number of ether oxygens (including phenoxy) is 2. The zero-order valence-corrected chi connectivity index (χ0v) is 23.4. The third-order valence-corrected chi connectivity index (χ3v) is 11.9. The van der Waals surface area contributed by atoms with Crippen LogP contribution in [0.5, 0.6) is 0 Å². The topological polar surface area (TPSA) is 96.0 Å². The molecule has 4 aromatic carbocycles. The predicted octanol–water partition coefficient (Wildman–Crippen LogP) is 5.06. The second-order valence-corrected chi connectivity index (χ2v) is 13.6. The van der Waals surface area contributed by atoms with Gasteiger partial charge in [-0.1, -0.05) is 52.0 Å². The highest BCUT2D eigenvalue weighted by atomic mass is 32.2. The van der Waals surface area contributed by atoms with Crippen LogP contribution in [-0.4, -0.2) is 34.6 Å². The second kappa shape index (κ2) is 11.9. The molecule has 0 heterocycles. The monoisotopic (exact) mass is 563 g/mol. The molecular weight excluding hydrogens is 535 g/mol. The summed E-state index contributed by atoms with van der Waals surface area (Å²) in [5, 5.41) is 1.20. The Hall–Kier alpha value is -3.84. The van der Waals surface area contributed by atoms with Crippen LogP contribution < -0.4 is 10.6 Å². The Balaban J connectivity index is 1.95. The van der Waals surface area contributed by atoms with Gasteiger partial charge in [0, 0.05) is 0 Å². The van der Waals surface area contributed by atoms with Crippen LogP contribution in [0.1, 0.15) is 31.8 Å². The molecule has 39 heavy (non-hydrogen) atoms. The summed E-state index contributed by atoms with van der Waals surface area (Å²) in [4.78, 5) is 24.3. The minimum Gasteiger partial charge on any atom is -0.465 e. The fraction of sp³-hybridized carbons (Fsp3) is 0.133. The van der Waals surface area contributed by atoms with Crippen LogP contribution >= 0.6 is 7.49 Å². The average molecular weight is 564 g/mol. The molecule has 0 atom stereocenters. The first kappa shape index (κ1) is 28.2. The van der Waals surface area contributed by atoms with Crippen molar-refractivity contribution in [2.75, 3.05) is 14.2 Å². The van der Waals surface area contributed by atoms with Gasteiger partial charge in [-0.2, -0.15) is 8.42 Å². The van der Waals surface area contributed by atoms with E-state index in [0.717, 1.165) is 11.1 Å². The molecule has 0 saturated heterocycles. The summed E-state index contributed by atoms with van der Waals surface area (Å²) in [5.41, 5.74) is 2.41. The fourth-order valence-electron chi connectivity index (χ4n) is 4.11.